The van der Waals surface area contributed by atoms with E-state index >= 15 is 0 Å². The van der Waals surface area contributed by atoms with Crippen molar-refractivity contribution < 1.29 is 4.79 Å². The highest BCUT2D eigenvalue weighted by Crippen LogP contribution is 2.28. The Labute approximate surface area is 132 Å². The van der Waals surface area contributed by atoms with Gasteiger partial charge in [-0.3, -0.25) is 4.79 Å². The van der Waals surface area contributed by atoms with Crippen molar-refractivity contribution in [1.29, 1.82) is 0 Å². The first-order valence-electron chi connectivity index (χ1n) is 7.36. The highest BCUT2D eigenvalue weighted by atomic mass is 32.2. The molecule has 0 aliphatic carbocycles. The molecule has 0 heterocycles. The van der Waals surface area contributed by atoms with E-state index in [4.69, 9.17) is 0 Å². The molecule has 0 radical (unpaired) electrons. The van der Waals surface area contributed by atoms with Crippen molar-refractivity contribution in [3.8, 4) is 0 Å². The van der Waals surface area contributed by atoms with Crippen LogP contribution in [-0.4, -0.2) is 29.1 Å². The van der Waals surface area contributed by atoms with Crippen LogP contribution in [0.15, 0.2) is 54.5 Å². The van der Waals surface area contributed by atoms with E-state index in [-0.39, 0.29) is 11.2 Å². The maximum absolute atomic E-state index is 12.7. The lowest BCUT2D eigenvalue weighted by molar-refractivity contribution is -0.129. The SMILES string of the molecule is C=CCN(CC=C)C(=O)C(CCC)Sc1cccc(C)c1. The maximum atomic E-state index is 12.7. The molecule has 0 bridgehead atoms. The lowest BCUT2D eigenvalue weighted by atomic mass is 10.2. The maximum Gasteiger partial charge on any atom is 0.236 e. The predicted molar refractivity (Wildman–Crippen MR) is 92.7 cm³/mol. The van der Waals surface area contributed by atoms with Crippen molar-refractivity contribution in [3.63, 3.8) is 0 Å². The van der Waals surface area contributed by atoms with Crippen LogP contribution in [0.3, 0.4) is 0 Å². The number of hydrogen-bond acceptors (Lipinski definition) is 2. The third kappa shape index (κ3) is 5.80. The summed E-state index contributed by atoms with van der Waals surface area (Å²) in [6, 6.07) is 8.31. The van der Waals surface area contributed by atoms with Crippen LogP contribution in [0.2, 0.25) is 0 Å². The molecule has 114 valence electrons. The molecule has 1 amide bonds. The van der Waals surface area contributed by atoms with Crippen molar-refractivity contribution in [2.45, 2.75) is 36.8 Å². The van der Waals surface area contributed by atoms with Gasteiger partial charge in [0.25, 0.3) is 0 Å². The van der Waals surface area contributed by atoms with Crippen molar-refractivity contribution in [2.24, 2.45) is 0 Å². The highest BCUT2D eigenvalue weighted by Gasteiger charge is 2.23. The normalized spacial score (nSPS) is 11.7. The van der Waals surface area contributed by atoms with Crippen LogP contribution in [0, 0.1) is 6.92 Å². The molecular weight excluding hydrogens is 278 g/mol. The summed E-state index contributed by atoms with van der Waals surface area (Å²) in [5.74, 6) is 0.170. The van der Waals surface area contributed by atoms with Crippen molar-refractivity contribution >= 4 is 17.7 Å². The van der Waals surface area contributed by atoms with Gasteiger partial charge in [-0.05, 0) is 25.5 Å². The number of hydrogen-bond donors (Lipinski definition) is 0. The molecule has 1 aromatic rings. The average molecular weight is 303 g/mol. The number of carbonyl (C=O) groups is 1. The van der Waals surface area contributed by atoms with E-state index < -0.39 is 0 Å². The van der Waals surface area contributed by atoms with Crippen LogP contribution in [0.1, 0.15) is 25.3 Å². The zero-order chi connectivity index (χ0) is 15.7. The minimum Gasteiger partial charge on any atom is -0.334 e. The van der Waals surface area contributed by atoms with E-state index in [0.29, 0.717) is 13.1 Å². The van der Waals surface area contributed by atoms with Gasteiger partial charge in [0.15, 0.2) is 0 Å². The van der Waals surface area contributed by atoms with E-state index in [1.165, 1.54) is 5.56 Å². The van der Waals surface area contributed by atoms with Crippen LogP contribution < -0.4 is 0 Å². The third-order valence-corrected chi connectivity index (χ3v) is 4.35. The van der Waals surface area contributed by atoms with Gasteiger partial charge >= 0.3 is 0 Å². The van der Waals surface area contributed by atoms with Crippen LogP contribution in [-0.2, 0) is 4.79 Å². The number of thioether (sulfide) groups is 1. The fraction of sp³-hybridized carbons (Fsp3) is 0.389. The van der Waals surface area contributed by atoms with Gasteiger partial charge in [-0.2, -0.15) is 0 Å². The number of benzene rings is 1. The summed E-state index contributed by atoms with van der Waals surface area (Å²) < 4.78 is 0. The lowest BCUT2D eigenvalue weighted by Gasteiger charge is -2.25. The van der Waals surface area contributed by atoms with Crippen molar-refractivity contribution in [2.75, 3.05) is 13.1 Å². The first-order chi connectivity index (χ1) is 10.1. The van der Waals surface area contributed by atoms with E-state index in [0.717, 1.165) is 17.7 Å². The average Bonchev–Trinajstić information content (AvgIpc) is 2.46. The van der Waals surface area contributed by atoms with Crippen LogP contribution >= 0.6 is 11.8 Å². The van der Waals surface area contributed by atoms with Crippen LogP contribution in [0.25, 0.3) is 0 Å². The molecule has 0 saturated carbocycles. The summed E-state index contributed by atoms with van der Waals surface area (Å²) in [7, 11) is 0. The Hall–Kier alpha value is -1.48. The van der Waals surface area contributed by atoms with Crippen LogP contribution in [0.4, 0.5) is 0 Å². The molecule has 1 aromatic carbocycles. The molecule has 0 N–H and O–H groups in total. The van der Waals surface area contributed by atoms with Gasteiger partial charge in [0.1, 0.15) is 0 Å². The smallest absolute Gasteiger partial charge is 0.236 e. The standard InChI is InChI=1S/C18H25NOS/c1-5-9-17(18(20)19(12-6-2)13-7-3)21-16-11-8-10-15(4)14-16/h6-8,10-11,14,17H,2-3,5,9,12-13H2,1,4H3. The fourth-order valence-electron chi connectivity index (χ4n) is 2.12. The van der Waals surface area contributed by atoms with Gasteiger partial charge in [-0.25, -0.2) is 0 Å². The summed E-state index contributed by atoms with van der Waals surface area (Å²) in [5.41, 5.74) is 1.22. The number of nitrogens with zero attached hydrogens (tertiary/aromatic N) is 1. The summed E-state index contributed by atoms with van der Waals surface area (Å²) in [6.45, 7) is 12.8. The molecule has 0 aliphatic heterocycles. The lowest BCUT2D eigenvalue weighted by Crippen LogP contribution is -2.38. The summed E-state index contributed by atoms with van der Waals surface area (Å²) in [5, 5.41) is -0.0447. The van der Waals surface area contributed by atoms with Gasteiger partial charge in [0, 0.05) is 18.0 Å². The van der Waals surface area contributed by atoms with E-state index in [1.54, 1.807) is 23.9 Å². The minimum absolute atomic E-state index is 0.0447. The monoisotopic (exact) mass is 303 g/mol. The Morgan fingerprint density at radius 3 is 2.52 bits per heavy atom. The molecule has 2 nitrogen and oxygen atoms in total. The molecule has 0 aromatic heterocycles. The Balaban J connectivity index is 2.85. The molecular formula is C18H25NOS. The van der Waals surface area contributed by atoms with Gasteiger partial charge in [0.05, 0.1) is 5.25 Å². The second-order valence-electron chi connectivity index (χ2n) is 5.03. The minimum atomic E-state index is -0.0447. The largest absolute Gasteiger partial charge is 0.334 e. The Morgan fingerprint density at radius 2 is 2.00 bits per heavy atom. The van der Waals surface area contributed by atoms with E-state index in [9.17, 15) is 4.79 Å². The van der Waals surface area contributed by atoms with E-state index in [2.05, 4.69) is 45.2 Å². The van der Waals surface area contributed by atoms with Crippen LogP contribution in [0.5, 0.6) is 0 Å². The summed E-state index contributed by atoms with van der Waals surface area (Å²) in [4.78, 5) is 15.7. The molecule has 0 fully saturated rings. The molecule has 0 saturated heterocycles. The van der Waals surface area contributed by atoms with E-state index in [1.807, 2.05) is 11.0 Å². The number of aryl methyl sites for hydroxylation is 1. The highest BCUT2D eigenvalue weighted by molar-refractivity contribution is 8.00. The number of rotatable bonds is 9. The molecule has 0 aliphatic rings. The second kappa shape index (κ2) is 9.46. The summed E-state index contributed by atoms with van der Waals surface area (Å²) in [6.07, 6.45) is 5.40. The molecule has 1 rings (SSSR count). The van der Waals surface area contributed by atoms with Crippen molar-refractivity contribution in [3.05, 3.63) is 55.1 Å². The fourth-order valence-corrected chi connectivity index (χ4v) is 3.46. The molecule has 1 atom stereocenters. The molecule has 1 unspecified atom stereocenters. The van der Waals surface area contributed by atoms with Gasteiger partial charge in [-0.15, -0.1) is 24.9 Å². The molecule has 3 heteroatoms. The zero-order valence-electron chi connectivity index (χ0n) is 13.0. The third-order valence-electron chi connectivity index (χ3n) is 3.10. The summed E-state index contributed by atoms with van der Waals surface area (Å²) >= 11 is 1.66. The second-order valence-corrected chi connectivity index (χ2v) is 6.31. The first kappa shape index (κ1) is 17.6. The predicted octanol–water partition coefficient (Wildman–Crippen LogP) is 4.46. The number of carbonyl (C=O) groups excluding carboxylic acids is 1. The quantitative estimate of drug-likeness (QED) is 0.496. The zero-order valence-corrected chi connectivity index (χ0v) is 13.9. The Kier molecular flexibility index (Phi) is 7.91. The molecule has 0 spiro atoms. The van der Waals surface area contributed by atoms with Gasteiger partial charge in [-0.1, -0.05) is 43.2 Å². The van der Waals surface area contributed by atoms with Gasteiger partial charge in [0.2, 0.25) is 5.91 Å². The topological polar surface area (TPSA) is 20.3 Å². The molecule has 21 heavy (non-hydrogen) atoms. The number of amides is 1. The Bertz CT molecular complexity index is 474. The van der Waals surface area contributed by atoms with Gasteiger partial charge < -0.3 is 4.90 Å². The first-order valence-corrected chi connectivity index (χ1v) is 8.24. The Morgan fingerprint density at radius 1 is 1.33 bits per heavy atom. The van der Waals surface area contributed by atoms with Crippen molar-refractivity contribution in [1.82, 2.24) is 4.90 Å².